The predicted molar refractivity (Wildman–Crippen MR) is 181 cm³/mol. The molecule has 0 saturated carbocycles. The van der Waals surface area contributed by atoms with Crippen molar-refractivity contribution in [3.63, 3.8) is 0 Å². The third kappa shape index (κ3) is 28.8. The van der Waals surface area contributed by atoms with E-state index in [1.165, 1.54) is 141 Å². The molecule has 0 amide bonds. The molecule has 0 unspecified atom stereocenters. The van der Waals surface area contributed by atoms with E-state index >= 15 is 0 Å². The minimum Gasteiger partial charge on any atom is -0.459 e. The van der Waals surface area contributed by atoms with Crippen LogP contribution in [-0.4, -0.2) is 24.1 Å². The molecule has 0 aromatic carbocycles. The van der Waals surface area contributed by atoms with Crippen LogP contribution in [0.25, 0.3) is 0 Å². The third-order valence-electron chi connectivity index (χ3n) is 8.44. The van der Waals surface area contributed by atoms with E-state index < -0.39 is 11.9 Å². The monoisotopic (exact) mass is 593 g/mol. The van der Waals surface area contributed by atoms with Gasteiger partial charge in [0.25, 0.3) is 0 Å². The Morgan fingerprint density at radius 3 is 0.833 bits per heavy atom. The second-order valence-electron chi connectivity index (χ2n) is 12.7. The Morgan fingerprint density at radius 2 is 0.595 bits per heavy atom. The van der Waals surface area contributed by atoms with Gasteiger partial charge < -0.3 is 9.47 Å². The molecule has 0 aliphatic rings. The van der Waals surface area contributed by atoms with Crippen molar-refractivity contribution >= 4 is 11.9 Å². The number of carbonyl (C=O) groups is 2. The molecule has 0 aromatic rings. The van der Waals surface area contributed by atoms with Gasteiger partial charge in [-0.3, -0.25) is 0 Å². The highest BCUT2D eigenvalue weighted by molar-refractivity contribution is 5.91. The van der Waals surface area contributed by atoms with Gasteiger partial charge in [0.2, 0.25) is 0 Å². The van der Waals surface area contributed by atoms with Crippen LogP contribution in [0.15, 0.2) is 12.2 Å². The fraction of sp³-hybridized carbons (Fsp3) is 0.895. The zero-order valence-electron chi connectivity index (χ0n) is 28.7. The molecule has 4 heteroatoms. The van der Waals surface area contributed by atoms with E-state index in [-0.39, 0.29) is 12.2 Å². The fourth-order valence-electron chi connectivity index (χ4n) is 5.68. The number of ether oxygens (including phenoxy) is 2. The predicted octanol–water partition coefficient (Wildman–Crippen LogP) is 12.4. The van der Waals surface area contributed by atoms with Crippen LogP contribution in [0.5, 0.6) is 0 Å². The Hall–Kier alpha value is -1.32. The number of hydrogen-bond acceptors (Lipinski definition) is 4. The third-order valence-corrected chi connectivity index (χ3v) is 8.44. The quantitative estimate of drug-likeness (QED) is 0.0443. The van der Waals surface area contributed by atoms with Gasteiger partial charge in [-0.2, -0.15) is 0 Å². The molecule has 4 nitrogen and oxygen atoms in total. The van der Waals surface area contributed by atoms with Gasteiger partial charge in [0, 0.05) is 12.2 Å². The zero-order valence-corrected chi connectivity index (χ0v) is 28.7. The number of unbranched alkanes of at least 4 members (excludes halogenated alkanes) is 20. The van der Waals surface area contributed by atoms with Gasteiger partial charge in [0.15, 0.2) is 0 Å². The second kappa shape index (κ2) is 32.6. The molecule has 0 aliphatic carbocycles. The first-order valence-electron chi connectivity index (χ1n) is 18.7. The van der Waals surface area contributed by atoms with Crippen LogP contribution in [0, 0.1) is 0 Å². The summed E-state index contributed by atoms with van der Waals surface area (Å²) >= 11 is 0. The van der Waals surface area contributed by atoms with Crippen LogP contribution < -0.4 is 0 Å². The van der Waals surface area contributed by atoms with E-state index in [2.05, 4.69) is 27.7 Å². The Kier molecular flexibility index (Phi) is 31.6. The highest BCUT2D eigenvalue weighted by atomic mass is 16.5. The van der Waals surface area contributed by atoms with Gasteiger partial charge in [0.1, 0.15) is 12.2 Å². The fourth-order valence-corrected chi connectivity index (χ4v) is 5.68. The maximum Gasteiger partial charge on any atom is 0.331 e. The lowest BCUT2D eigenvalue weighted by molar-refractivity contribution is -0.146. The lowest BCUT2D eigenvalue weighted by atomic mass is 10.0. The summed E-state index contributed by atoms with van der Waals surface area (Å²) in [6.07, 6.45) is 35.8. The van der Waals surface area contributed by atoms with E-state index in [1.54, 1.807) is 0 Å². The van der Waals surface area contributed by atoms with Gasteiger partial charge >= 0.3 is 11.9 Å². The summed E-state index contributed by atoms with van der Waals surface area (Å²) in [4.78, 5) is 25.3. The number of rotatable bonds is 32. The highest BCUT2D eigenvalue weighted by Crippen LogP contribution is 2.19. The Bertz CT molecular complexity index is 530. The van der Waals surface area contributed by atoms with Crippen LogP contribution in [0.1, 0.15) is 207 Å². The van der Waals surface area contributed by atoms with E-state index in [9.17, 15) is 9.59 Å². The Labute approximate surface area is 262 Å². The molecule has 0 N–H and O–H groups in total. The smallest absolute Gasteiger partial charge is 0.331 e. The first-order valence-corrected chi connectivity index (χ1v) is 18.7. The van der Waals surface area contributed by atoms with Crippen molar-refractivity contribution < 1.29 is 19.1 Å². The van der Waals surface area contributed by atoms with Gasteiger partial charge in [-0.25, -0.2) is 9.59 Å². The van der Waals surface area contributed by atoms with Crippen molar-refractivity contribution in [1.29, 1.82) is 0 Å². The van der Waals surface area contributed by atoms with Crippen LogP contribution in [0.3, 0.4) is 0 Å². The van der Waals surface area contributed by atoms with Crippen molar-refractivity contribution in [3.8, 4) is 0 Å². The molecule has 0 saturated heterocycles. The second-order valence-corrected chi connectivity index (χ2v) is 12.7. The van der Waals surface area contributed by atoms with Gasteiger partial charge in [-0.15, -0.1) is 0 Å². The minimum atomic E-state index is -0.405. The molecule has 0 heterocycles. The molecule has 0 rings (SSSR count). The maximum atomic E-state index is 12.7. The number of esters is 2. The van der Waals surface area contributed by atoms with E-state index in [0.717, 1.165) is 51.4 Å². The summed E-state index contributed by atoms with van der Waals surface area (Å²) < 4.78 is 11.7. The summed E-state index contributed by atoms with van der Waals surface area (Å²) in [5, 5.41) is 0. The Morgan fingerprint density at radius 1 is 0.381 bits per heavy atom. The van der Waals surface area contributed by atoms with Crippen LogP contribution >= 0.6 is 0 Å². The molecule has 0 fully saturated rings. The van der Waals surface area contributed by atoms with Crippen molar-refractivity contribution in [1.82, 2.24) is 0 Å². The molecule has 42 heavy (non-hydrogen) atoms. The number of carbonyl (C=O) groups excluding carboxylic acids is 2. The molecule has 0 aromatic heterocycles. The normalized spacial score (nSPS) is 11.7. The summed E-state index contributed by atoms with van der Waals surface area (Å²) in [5.41, 5.74) is 0. The minimum absolute atomic E-state index is 0.0521. The molecular weight excluding hydrogens is 520 g/mol. The summed E-state index contributed by atoms with van der Waals surface area (Å²) in [5.74, 6) is -0.811. The molecular formula is C38H72O4. The highest BCUT2D eigenvalue weighted by Gasteiger charge is 2.15. The van der Waals surface area contributed by atoms with Crippen molar-refractivity contribution in [2.45, 2.75) is 220 Å². The zero-order chi connectivity index (χ0) is 30.9. The molecule has 0 aliphatic heterocycles. The average molecular weight is 593 g/mol. The van der Waals surface area contributed by atoms with Crippen LogP contribution in [0.2, 0.25) is 0 Å². The first kappa shape index (κ1) is 40.7. The lowest BCUT2D eigenvalue weighted by Crippen LogP contribution is -2.19. The van der Waals surface area contributed by atoms with Gasteiger partial charge in [0.05, 0.1) is 0 Å². The Balaban J connectivity index is 4.73. The average Bonchev–Trinajstić information content (AvgIpc) is 2.98. The van der Waals surface area contributed by atoms with Gasteiger partial charge in [-0.1, -0.05) is 156 Å². The largest absolute Gasteiger partial charge is 0.459 e. The summed E-state index contributed by atoms with van der Waals surface area (Å²) in [6, 6.07) is 0. The lowest BCUT2D eigenvalue weighted by Gasteiger charge is -2.18. The first-order chi connectivity index (χ1) is 20.6. The molecule has 0 spiro atoms. The van der Waals surface area contributed by atoms with E-state index in [0.29, 0.717) is 0 Å². The number of hydrogen-bond donors (Lipinski definition) is 0. The van der Waals surface area contributed by atoms with Gasteiger partial charge in [-0.05, 0) is 51.4 Å². The SMILES string of the molecule is CCCCCCCCC(CCCCCCCC)OC(=O)/C=C\C(=O)OC(CCCCCCCC)CCCCCCCC. The van der Waals surface area contributed by atoms with Crippen molar-refractivity contribution in [2.24, 2.45) is 0 Å². The van der Waals surface area contributed by atoms with Crippen LogP contribution in [0.4, 0.5) is 0 Å². The summed E-state index contributed by atoms with van der Waals surface area (Å²) in [6.45, 7) is 8.96. The van der Waals surface area contributed by atoms with E-state index in [4.69, 9.17) is 9.47 Å². The summed E-state index contributed by atoms with van der Waals surface area (Å²) in [7, 11) is 0. The molecule has 248 valence electrons. The topological polar surface area (TPSA) is 52.6 Å². The van der Waals surface area contributed by atoms with Crippen molar-refractivity contribution in [3.05, 3.63) is 12.2 Å². The molecule has 0 atom stereocenters. The maximum absolute atomic E-state index is 12.7. The van der Waals surface area contributed by atoms with E-state index in [1.807, 2.05) is 0 Å². The molecule has 0 bridgehead atoms. The standard InChI is InChI=1S/C38H72O4/c1-5-9-13-17-21-25-29-35(30-26-22-18-14-10-6-2)41-37(39)33-34-38(40)42-36(31-27-23-19-15-11-7-3)32-28-24-20-16-12-8-4/h33-36H,5-32H2,1-4H3/b34-33-. The van der Waals surface area contributed by atoms with Crippen LogP contribution in [-0.2, 0) is 19.1 Å². The van der Waals surface area contributed by atoms with Crippen molar-refractivity contribution in [2.75, 3.05) is 0 Å². The molecule has 0 radical (unpaired) electrons.